The van der Waals surface area contributed by atoms with Crippen molar-refractivity contribution in [3.63, 3.8) is 0 Å². The minimum absolute atomic E-state index is 0.164. The zero-order valence-electron chi connectivity index (χ0n) is 27.2. The van der Waals surface area contributed by atoms with Gasteiger partial charge in [0, 0.05) is 22.2 Å². The first-order chi connectivity index (χ1) is 23.6. The van der Waals surface area contributed by atoms with Gasteiger partial charge in [-0.2, -0.15) is 0 Å². The van der Waals surface area contributed by atoms with Crippen LogP contribution in [0.5, 0.6) is 0 Å². The molecule has 0 fully saturated rings. The summed E-state index contributed by atoms with van der Waals surface area (Å²) in [5.74, 6) is 0. The molecule has 0 aliphatic heterocycles. The first kappa shape index (κ1) is 28.3. The average molecular weight is 614 g/mol. The van der Waals surface area contributed by atoms with Crippen molar-refractivity contribution in [2.45, 2.75) is 19.3 Å². The number of hydrogen-bond donors (Lipinski definition) is 0. The van der Waals surface area contributed by atoms with Gasteiger partial charge in [0.15, 0.2) is 0 Å². The molecular formula is C47H35N. The van der Waals surface area contributed by atoms with Gasteiger partial charge in [0.25, 0.3) is 0 Å². The molecule has 0 saturated carbocycles. The summed E-state index contributed by atoms with van der Waals surface area (Å²) in [5, 5.41) is 5.04. The van der Waals surface area contributed by atoms with Gasteiger partial charge >= 0.3 is 0 Å². The summed E-state index contributed by atoms with van der Waals surface area (Å²) in [4.78, 5) is 2.43. The topological polar surface area (TPSA) is 3.24 Å². The molecule has 8 aromatic rings. The summed E-state index contributed by atoms with van der Waals surface area (Å²) >= 11 is 0. The molecular weight excluding hydrogens is 579 g/mol. The van der Waals surface area contributed by atoms with Crippen molar-refractivity contribution in [1.82, 2.24) is 0 Å². The Bertz CT molecular complexity index is 2470. The molecule has 0 radical (unpaired) electrons. The Hall–Kier alpha value is -5.92. The number of para-hydroxylation sites is 1. The number of fused-ring (bicyclic) bond motifs is 5. The third-order valence-electron chi connectivity index (χ3n) is 10.3. The summed E-state index contributed by atoms with van der Waals surface area (Å²) < 4.78 is 0. The molecule has 8 aromatic carbocycles. The molecule has 0 atom stereocenters. The van der Waals surface area contributed by atoms with Crippen LogP contribution in [0.4, 0.5) is 17.1 Å². The third kappa shape index (κ3) is 4.47. The van der Waals surface area contributed by atoms with Crippen molar-refractivity contribution in [3.05, 3.63) is 187 Å². The van der Waals surface area contributed by atoms with Gasteiger partial charge in [-0.1, -0.05) is 153 Å². The second kappa shape index (κ2) is 11.1. The van der Waals surface area contributed by atoms with Gasteiger partial charge in [0.2, 0.25) is 0 Å². The molecule has 0 spiro atoms. The fourth-order valence-electron chi connectivity index (χ4n) is 7.86. The molecule has 228 valence electrons. The Morgan fingerprint density at radius 1 is 0.375 bits per heavy atom. The van der Waals surface area contributed by atoms with Gasteiger partial charge in [-0.25, -0.2) is 0 Å². The SMILES string of the molecule is CC1(C)c2cc(-c3cccc4ccccc34)ccc2-c2ccc(N(c3ccccc3)c3ccc(-c4ccccc4)c4ccccc34)cc21. The first-order valence-corrected chi connectivity index (χ1v) is 16.8. The van der Waals surface area contributed by atoms with Gasteiger partial charge in [0.1, 0.15) is 0 Å². The minimum atomic E-state index is -0.164. The molecule has 9 rings (SSSR count). The third-order valence-corrected chi connectivity index (χ3v) is 10.3. The molecule has 48 heavy (non-hydrogen) atoms. The van der Waals surface area contributed by atoms with Gasteiger partial charge in [0.05, 0.1) is 5.69 Å². The highest BCUT2D eigenvalue weighted by Crippen LogP contribution is 2.52. The number of hydrogen-bond acceptors (Lipinski definition) is 1. The van der Waals surface area contributed by atoms with E-state index in [1.807, 2.05) is 0 Å². The van der Waals surface area contributed by atoms with Crippen molar-refractivity contribution in [3.8, 4) is 33.4 Å². The van der Waals surface area contributed by atoms with Gasteiger partial charge in [-0.15, -0.1) is 0 Å². The molecule has 1 heteroatoms. The number of nitrogens with zero attached hydrogens (tertiary/aromatic N) is 1. The standard InChI is InChI=1S/C47H35N/c1-47(2)44-30-34(38-23-13-17-33-16-9-10-20-37(33)38)24-26-41(44)42-27-25-36(31-45(42)47)48(35-18-7-4-8-19-35)46-29-28-39(32-14-5-3-6-15-32)40-21-11-12-22-43(40)46/h3-31H,1-2H3. The van der Waals surface area contributed by atoms with E-state index in [9.17, 15) is 0 Å². The Morgan fingerprint density at radius 3 is 1.75 bits per heavy atom. The van der Waals surface area contributed by atoms with Crippen molar-refractivity contribution < 1.29 is 0 Å². The maximum atomic E-state index is 2.43. The molecule has 0 heterocycles. The lowest BCUT2D eigenvalue weighted by Crippen LogP contribution is -2.17. The van der Waals surface area contributed by atoms with Crippen LogP contribution in [0.3, 0.4) is 0 Å². The predicted octanol–water partition coefficient (Wildman–Crippen LogP) is 13.1. The molecule has 0 N–H and O–H groups in total. The van der Waals surface area contributed by atoms with Crippen molar-refractivity contribution in [1.29, 1.82) is 0 Å². The predicted molar refractivity (Wildman–Crippen MR) is 205 cm³/mol. The Balaban J connectivity index is 1.19. The van der Waals surface area contributed by atoms with E-state index in [1.165, 1.54) is 71.7 Å². The van der Waals surface area contributed by atoms with Crippen LogP contribution >= 0.6 is 0 Å². The summed E-state index contributed by atoms with van der Waals surface area (Å²) in [7, 11) is 0. The van der Waals surface area contributed by atoms with Crippen LogP contribution in [0.2, 0.25) is 0 Å². The van der Waals surface area contributed by atoms with Crippen LogP contribution in [-0.4, -0.2) is 0 Å². The largest absolute Gasteiger partial charge is 0.310 e. The number of benzene rings is 8. The molecule has 1 nitrogen and oxygen atoms in total. The average Bonchev–Trinajstić information content (AvgIpc) is 3.37. The molecule has 1 aliphatic carbocycles. The fourth-order valence-corrected chi connectivity index (χ4v) is 7.86. The van der Waals surface area contributed by atoms with E-state index >= 15 is 0 Å². The van der Waals surface area contributed by atoms with Crippen LogP contribution in [0, 0.1) is 0 Å². The number of anilines is 3. The highest BCUT2D eigenvalue weighted by Gasteiger charge is 2.36. The summed E-state index contributed by atoms with van der Waals surface area (Å²) in [5.41, 5.74) is 13.7. The highest BCUT2D eigenvalue weighted by atomic mass is 15.1. The lowest BCUT2D eigenvalue weighted by atomic mass is 9.81. The highest BCUT2D eigenvalue weighted by molar-refractivity contribution is 6.06. The molecule has 0 amide bonds. The van der Waals surface area contributed by atoms with Crippen LogP contribution in [0.1, 0.15) is 25.0 Å². The zero-order valence-corrected chi connectivity index (χ0v) is 27.2. The van der Waals surface area contributed by atoms with Crippen molar-refractivity contribution in [2.75, 3.05) is 4.90 Å². The lowest BCUT2D eigenvalue weighted by molar-refractivity contribution is 0.660. The van der Waals surface area contributed by atoms with Crippen molar-refractivity contribution in [2.24, 2.45) is 0 Å². The zero-order chi connectivity index (χ0) is 32.2. The quantitative estimate of drug-likeness (QED) is 0.187. The van der Waals surface area contributed by atoms with E-state index in [2.05, 4.69) is 195 Å². The van der Waals surface area contributed by atoms with Crippen LogP contribution in [0.25, 0.3) is 54.9 Å². The lowest BCUT2D eigenvalue weighted by Gasteiger charge is -2.29. The van der Waals surface area contributed by atoms with E-state index in [0.717, 1.165) is 11.4 Å². The van der Waals surface area contributed by atoms with E-state index < -0.39 is 0 Å². The monoisotopic (exact) mass is 613 g/mol. The molecule has 0 bridgehead atoms. The second-order valence-electron chi connectivity index (χ2n) is 13.4. The van der Waals surface area contributed by atoms with E-state index in [4.69, 9.17) is 0 Å². The van der Waals surface area contributed by atoms with Crippen LogP contribution in [-0.2, 0) is 5.41 Å². The summed E-state index contributed by atoms with van der Waals surface area (Å²) in [6, 6.07) is 64.3. The maximum absolute atomic E-state index is 2.43. The molecule has 1 aliphatic rings. The molecule has 0 unspecified atom stereocenters. The summed E-state index contributed by atoms with van der Waals surface area (Å²) in [6.45, 7) is 4.76. The normalized spacial score (nSPS) is 13.0. The Kier molecular flexibility index (Phi) is 6.55. The van der Waals surface area contributed by atoms with Gasteiger partial charge < -0.3 is 4.90 Å². The van der Waals surface area contributed by atoms with Crippen molar-refractivity contribution >= 4 is 38.6 Å². The van der Waals surface area contributed by atoms with Gasteiger partial charge in [-0.05, 0) is 97.1 Å². The second-order valence-corrected chi connectivity index (χ2v) is 13.4. The minimum Gasteiger partial charge on any atom is -0.310 e. The smallest absolute Gasteiger partial charge is 0.0540 e. The molecule has 0 saturated heterocycles. The maximum Gasteiger partial charge on any atom is 0.0540 e. The Morgan fingerprint density at radius 2 is 0.958 bits per heavy atom. The van der Waals surface area contributed by atoms with Crippen LogP contribution < -0.4 is 4.90 Å². The summed E-state index contributed by atoms with van der Waals surface area (Å²) in [6.07, 6.45) is 0. The van der Waals surface area contributed by atoms with E-state index in [1.54, 1.807) is 0 Å². The molecule has 0 aromatic heterocycles. The first-order valence-electron chi connectivity index (χ1n) is 16.8. The number of rotatable bonds is 5. The fraction of sp³-hybridized carbons (Fsp3) is 0.0638. The van der Waals surface area contributed by atoms with E-state index in [0.29, 0.717) is 0 Å². The Labute approximate surface area is 282 Å². The van der Waals surface area contributed by atoms with Crippen LogP contribution in [0.15, 0.2) is 176 Å². The van der Waals surface area contributed by atoms with Gasteiger partial charge in [-0.3, -0.25) is 0 Å². The van der Waals surface area contributed by atoms with E-state index in [-0.39, 0.29) is 5.41 Å².